The molecule has 0 aromatic heterocycles. The summed E-state index contributed by atoms with van der Waals surface area (Å²) in [5.74, 6) is -0.253. The molecule has 1 unspecified atom stereocenters. The maximum absolute atomic E-state index is 11.5. The Morgan fingerprint density at radius 3 is 2.94 bits per heavy atom. The predicted octanol–water partition coefficient (Wildman–Crippen LogP) is 1.29. The van der Waals surface area contributed by atoms with E-state index in [0.717, 1.165) is 37.2 Å². The van der Waals surface area contributed by atoms with E-state index in [4.69, 9.17) is 11.5 Å². The smallest absolute Gasteiger partial charge is 0.240 e. The van der Waals surface area contributed by atoms with Crippen LogP contribution in [-0.2, 0) is 11.2 Å². The van der Waals surface area contributed by atoms with Gasteiger partial charge in [0.15, 0.2) is 0 Å². The van der Waals surface area contributed by atoms with Gasteiger partial charge >= 0.3 is 0 Å². The van der Waals surface area contributed by atoms with Crippen LogP contribution in [-0.4, -0.2) is 18.5 Å². The van der Waals surface area contributed by atoms with Gasteiger partial charge in [0.1, 0.15) is 6.04 Å². The summed E-state index contributed by atoms with van der Waals surface area (Å²) < 4.78 is 0. The number of nitrogens with two attached hydrogens (primary N) is 2. The van der Waals surface area contributed by atoms with Crippen molar-refractivity contribution < 1.29 is 4.79 Å². The number of amides is 1. The van der Waals surface area contributed by atoms with Gasteiger partial charge in [0.25, 0.3) is 0 Å². The molecule has 0 saturated heterocycles. The zero-order valence-electron chi connectivity index (χ0n) is 10.1. The van der Waals surface area contributed by atoms with Gasteiger partial charge in [-0.15, -0.1) is 0 Å². The first-order valence-electron chi connectivity index (χ1n) is 6.08. The van der Waals surface area contributed by atoms with E-state index >= 15 is 0 Å². The molecule has 2 rings (SSSR count). The standard InChI is InChI=1S/C13H19N3O/c1-2-11(13(15)17)16-7-3-4-9-8-10(14)5-6-12(9)16/h5-6,8,11H,2-4,7,14H2,1H3,(H2,15,17). The van der Waals surface area contributed by atoms with Crippen molar-refractivity contribution in [3.63, 3.8) is 0 Å². The first-order valence-corrected chi connectivity index (χ1v) is 6.08. The van der Waals surface area contributed by atoms with Crippen LogP contribution in [0.5, 0.6) is 0 Å². The molecular formula is C13H19N3O. The summed E-state index contributed by atoms with van der Waals surface area (Å²) in [5.41, 5.74) is 14.3. The lowest BCUT2D eigenvalue weighted by molar-refractivity contribution is -0.119. The highest BCUT2D eigenvalue weighted by Crippen LogP contribution is 2.30. The second-order valence-corrected chi connectivity index (χ2v) is 4.51. The van der Waals surface area contributed by atoms with Crippen molar-refractivity contribution in [2.75, 3.05) is 17.2 Å². The lowest BCUT2D eigenvalue weighted by Gasteiger charge is -2.36. The predicted molar refractivity (Wildman–Crippen MR) is 69.8 cm³/mol. The maximum Gasteiger partial charge on any atom is 0.240 e. The van der Waals surface area contributed by atoms with Crippen LogP contribution in [0.4, 0.5) is 11.4 Å². The van der Waals surface area contributed by atoms with Gasteiger partial charge < -0.3 is 16.4 Å². The van der Waals surface area contributed by atoms with Crippen molar-refractivity contribution in [3.05, 3.63) is 23.8 Å². The molecule has 0 aliphatic carbocycles. The average molecular weight is 233 g/mol. The van der Waals surface area contributed by atoms with Gasteiger partial charge in [0.05, 0.1) is 0 Å². The zero-order chi connectivity index (χ0) is 12.4. The third-order valence-electron chi connectivity index (χ3n) is 3.35. The molecule has 17 heavy (non-hydrogen) atoms. The fraction of sp³-hybridized carbons (Fsp3) is 0.462. The number of hydrogen-bond acceptors (Lipinski definition) is 3. The highest BCUT2D eigenvalue weighted by atomic mass is 16.1. The third kappa shape index (κ3) is 2.20. The number of anilines is 2. The summed E-state index contributed by atoms with van der Waals surface area (Å²) in [5, 5.41) is 0. The minimum Gasteiger partial charge on any atom is -0.399 e. The molecule has 0 radical (unpaired) electrons. The van der Waals surface area contributed by atoms with E-state index in [-0.39, 0.29) is 11.9 Å². The average Bonchev–Trinajstić information content (AvgIpc) is 2.29. The topological polar surface area (TPSA) is 72.4 Å². The molecular weight excluding hydrogens is 214 g/mol. The monoisotopic (exact) mass is 233 g/mol. The van der Waals surface area contributed by atoms with Crippen molar-refractivity contribution in [2.45, 2.75) is 32.2 Å². The fourth-order valence-electron chi connectivity index (χ4n) is 2.55. The van der Waals surface area contributed by atoms with Crippen molar-refractivity contribution in [1.82, 2.24) is 0 Å². The number of nitrogen functional groups attached to an aromatic ring is 1. The largest absolute Gasteiger partial charge is 0.399 e. The molecule has 92 valence electrons. The van der Waals surface area contributed by atoms with E-state index in [0.29, 0.717) is 0 Å². The van der Waals surface area contributed by atoms with Crippen LogP contribution in [0.1, 0.15) is 25.3 Å². The first kappa shape index (κ1) is 11.8. The van der Waals surface area contributed by atoms with Gasteiger partial charge in [-0.1, -0.05) is 6.92 Å². The van der Waals surface area contributed by atoms with Gasteiger partial charge in [-0.2, -0.15) is 0 Å². The molecule has 1 atom stereocenters. The second kappa shape index (κ2) is 4.65. The number of aryl methyl sites for hydroxylation is 1. The third-order valence-corrected chi connectivity index (χ3v) is 3.35. The SMILES string of the molecule is CCC(C(N)=O)N1CCCc2cc(N)ccc21. The van der Waals surface area contributed by atoms with E-state index in [1.54, 1.807) is 0 Å². The molecule has 1 aliphatic rings. The zero-order valence-corrected chi connectivity index (χ0v) is 10.1. The first-order chi connectivity index (χ1) is 8.13. The second-order valence-electron chi connectivity index (χ2n) is 4.51. The number of carbonyl (C=O) groups excluding carboxylic acids is 1. The molecule has 1 heterocycles. The molecule has 1 aromatic rings. The number of benzene rings is 1. The number of rotatable bonds is 3. The Kier molecular flexibility index (Phi) is 3.22. The highest BCUT2D eigenvalue weighted by molar-refractivity contribution is 5.84. The molecule has 4 heteroatoms. The van der Waals surface area contributed by atoms with Gasteiger partial charge in [0, 0.05) is 17.9 Å². The number of hydrogen-bond donors (Lipinski definition) is 2. The fourth-order valence-corrected chi connectivity index (χ4v) is 2.55. The van der Waals surface area contributed by atoms with Crippen molar-refractivity contribution >= 4 is 17.3 Å². The van der Waals surface area contributed by atoms with E-state index in [9.17, 15) is 4.79 Å². The van der Waals surface area contributed by atoms with Crippen LogP contribution < -0.4 is 16.4 Å². The summed E-state index contributed by atoms with van der Waals surface area (Å²) in [7, 11) is 0. The summed E-state index contributed by atoms with van der Waals surface area (Å²) >= 11 is 0. The normalized spacial score (nSPS) is 16.4. The van der Waals surface area contributed by atoms with Crippen molar-refractivity contribution in [1.29, 1.82) is 0 Å². The number of carbonyl (C=O) groups is 1. The molecule has 4 nitrogen and oxygen atoms in total. The molecule has 1 amide bonds. The minimum atomic E-state index is -0.253. The van der Waals surface area contributed by atoms with Crippen LogP contribution in [0.2, 0.25) is 0 Å². The Hall–Kier alpha value is -1.71. The molecule has 1 aliphatic heterocycles. The van der Waals surface area contributed by atoms with E-state index in [2.05, 4.69) is 4.90 Å². The quantitative estimate of drug-likeness (QED) is 0.773. The summed E-state index contributed by atoms with van der Waals surface area (Å²) in [4.78, 5) is 13.6. The summed E-state index contributed by atoms with van der Waals surface area (Å²) in [6.45, 7) is 2.87. The maximum atomic E-state index is 11.5. The number of fused-ring (bicyclic) bond motifs is 1. The van der Waals surface area contributed by atoms with Gasteiger partial charge in [-0.25, -0.2) is 0 Å². The van der Waals surface area contributed by atoms with Crippen LogP contribution in [0.25, 0.3) is 0 Å². The van der Waals surface area contributed by atoms with E-state index in [1.165, 1.54) is 5.56 Å². The lowest BCUT2D eigenvalue weighted by Crippen LogP contribution is -2.46. The number of primary amides is 1. The lowest BCUT2D eigenvalue weighted by atomic mass is 9.98. The summed E-state index contributed by atoms with van der Waals surface area (Å²) in [6.07, 6.45) is 2.80. The Labute approximate surface area is 102 Å². The van der Waals surface area contributed by atoms with Gasteiger partial charge in [-0.3, -0.25) is 4.79 Å². The Morgan fingerprint density at radius 1 is 1.53 bits per heavy atom. The molecule has 0 spiro atoms. The van der Waals surface area contributed by atoms with Crippen LogP contribution >= 0.6 is 0 Å². The molecule has 0 fully saturated rings. The Bertz CT molecular complexity index is 431. The highest BCUT2D eigenvalue weighted by Gasteiger charge is 2.26. The number of nitrogens with zero attached hydrogens (tertiary/aromatic N) is 1. The van der Waals surface area contributed by atoms with Crippen molar-refractivity contribution in [3.8, 4) is 0 Å². The van der Waals surface area contributed by atoms with E-state index < -0.39 is 0 Å². The van der Waals surface area contributed by atoms with Crippen LogP contribution in [0, 0.1) is 0 Å². The summed E-state index contributed by atoms with van der Waals surface area (Å²) in [6, 6.07) is 5.66. The van der Waals surface area contributed by atoms with Crippen LogP contribution in [0.3, 0.4) is 0 Å². The minimum absolute atomic E-state index is 0.210. The molecule has 4 N–H and O–H groups in total. The van der Waals surface area contributed by atoms with Gasteiger partial charge in [-0.05, 0) is 43.0 Å². The Morgan fingerprint density at radius 2 is 2.29 bits per heavy atom. The Balaban J connectivity index is 2.37. The van der Waals surface area contributed by atoms with Crippen molar-refractivity contribution in [2.24, 2.45) is 5.73 Å². The molecule has 0 saturated carbocycles. The molecule has 0 bridgehead atoms. The van der Waals surface area contributed by atoms with E-state index in [1.807, 2.05) is 25.1 Å². The van der Waals surface area contributed by atoms with Gasteiger partial charge in [0.2, 0.25) is 5.91 Å². The van der Waals surface area contributed by atoms with Crippen LogP contribution in [0.15, 0.2) is 18.2 Å². The molecule has 1 aromatic carbocycles.